The molecule has 1 saturated heterocycles. The third-order valence-corrected chi connectivity index (χ3v) is 2.15. The molecular weight excluding hydrogens is 252 g/mol. The summed E-state index contributed by atoms with van der Waals surface area (Å²) in [6.45, 7) is 7.92. The fourth-order valence-corrected chi connectivity index (χ4v) is 1.40. The molecule has 104 valence electrons. The van der Waals surface area contributed by atoms with Crippen LogP contribution in [0.15, 0.2) is 12.2 Å². The van der Waals surface area contributed by atoms with Crippen LogP contribution in [-0.2, 0) is 19.1 Å². The zero-order chi connectivity index (χ0) is 14.8. The van der Waals surface area contributed by atoms with E-state index in [9.17, 15) is 19.2 Å². The molecule has 1 N–H and O–H groups in total. The molecule has 1 aliphatic heterocycles. The minimum absolute atomic E-state index is 0.0654. The SMILES string of the molecule is C=C1CC(=O)N(C(=O)CNC(=O)OC(C)(C)C)C1=O. The van der Waals surface area contributed by atoms with Crippen molar-refractivity contribution in [1.29, 1.82) is 0 Å². The van der Waals surface area contributed by atoms with Crippen LogP contribution in [0.4, 0.5) is 4.79 Å². The molecule has 0 spiro atoms. The maximum atomic E-state index is 11.7. The highest BCUT2D eigenvalue weighted by Crippen LogP contribution is 2.16. The number of alkyl carbamates (subject to hydrolysis) is 1. The Labute approximate surface area is 110 Å². The summed E-state index contributed by atoms with van der Waals surface area (Å²) in [6.07, 6.45) is -0.962. The lowest BCUT2D eigenvalue weighted by Gasteiger charge is -2.20. The minimum Gasteiger partial charge on any atom is -0.444 e. The summed E-state index contributed by atoms with van der Waals surface area (Å²) in [7, 11) is 0. The van der Waals surface area contributed by atoms with Crippen molar-refractivity contribution in [2.24, 2.45) is 0 Å². The molecule has 1 heterocycles. The van der Waals surface area contributed by atoms with Crippen LogP contribution in [-0.4, -0.2) is 40.9 Å². The van der Waals surface area contributed by atoms with Crippen LogP contribution in [0.5, 0.6) is 0 Å². The first-order valence-corrected chi connectivity index (χ1v) is 5.66. The van der Waals surface area contributed by atoms with Crippen LogP contribution in [0.25, 0.3) is 0 Å². The second-order valence-corrected chi connectivity index (χ2v) is 5.06. The van der Waals surface area contributed by atoms with Gasteiger partial charge in [-0.15, -0.1) is 0 Å². The normalized spacial score (nSPS) is 15.7. The van der Waals surface area contributed by atoms with Crippen molar-refractivity contribution in [3.05, 3.63) is 12.2 Å². The van der Waals surface area contributed by atoms with Gasteiger partial charge in [0.05, 0.1) is 6.42 Å². The van der Waals surface area contributed by atoms with E-state index >= 15 is 0 Å². The van der Waals surface area contributed by atoms with Crippen molar-refractivity contribution in [2.45, 2.75) is 32.8 Å². The van der Waals surface area contributed by atoms with E-state index in [1.54, 1.807) is 20.8 Å². The summed E-state index contributed by atoms with van der Waals surface area (Å²) >= 11 is 0. The molecule has 19 heavy (non-hydrogen) atoms. The van der Waals surface area contributed by atoms with E-state index in [0.29, 0.717) is 4.90 Å². The number of carbonyl (C=O) groups is 4. The number of amides is 4. The molecule has 0 bridgehead atoms. The van der Waals surface area contributed by atoms with Gasteiger partial charge in [-0.2, -0.15) is 0 Å². The topological polar surface area (TPSA) is 92.8 Å². The standard InChI is InChI=1S/C12H16N2O5/c1-7-5-8(15)14(10(7)17)9(16)6-13-11(18)19-12(2,3)4/h1,5-6H2,2-4H3,(H,13,18). The zero-order valence-electron chi connectivity index (χ0n) is 11.1. The third kappa shape index (κ3) is 3.90. The molecule has 0 radical (unpaired) electrons. The summed E-state index contributed by atoms with van der Waals surface area (Å²) in [5.41, 5.74) is -0.628. The second-order valence-electron chi connectivity index (χ2n) is 5.06. The highest BCUT2D eigenvalue weighted by molar-refractivity contribution is 6.22. The maximum absolute atomic E-state index is 11.7. The second kappa shape index (κ2) is 5.21. The largest absolute Gasteiger partial charge is 0.444 e. The lowest BCUT2D eigenvalue weighted by atomic mass is 10.2. The highest BCUT2D eigenvalue weighted by atomic mass is 16.6. The van der Waals surface area contributed by atoms with Crippen molar-refractivity contribution in [3.8, 4) is 0 Å². The molecule has 0 aromatic rings. The van der Waals surface area contributed by atoms with Crippen LogP contribution in [0, 0.1) is 0 Å². The minimum atomic E-state index is -0.806. The van der Waals surface area contributed by atoms with Crippen LogP contribution < -0.4 is 5.32 Å². The van der Waals surface area contributed by atoms with Crippen molar-refractivity contribution < 1.29 is 23.9 Å². The number of nitrogens with one attached hydrogen (secondary N) is 1. The van der Waals surface area contributed by atoms with Crippen molar-refractivity contribution in [1.82, 2.24) is 10.2 Å². The van der Waals surface area contributed by atoms with E-state index in [4.69, 9.17) is 4.74 Å². The van der Waals surface area contributed by atoms with Gasteiger partial charge in [-0.25, -0.2) is 9.69 Å². The van der Waals surface area contributed by atoms with Crippen molar-refractivity contribution in [2.75, 3.05) is 6.54 Å². The maximum Gasteiger partial charge on any atom is 0.408 e. The number of imide groups is 3. The van der Waals surface area contributed by atoms with Crippen LogP contribution in [0.3, 0.4) is 0 Å². The molecular formula is C12H16N2O5. The van der Waals surface area contributed by atoms with Crippen LogP contribution in [0.2, 0.25) is 0 Å². The first-order valence-electron chi connectivity index (χ1n) is 5.66. The molecule has 1 fully saturated rings. The summed E-state index contributed by atoms with van der Waals surface area (Å²) in [6, 6.07) is 0. The highest BCUT2D eigenvalue weighted by Gasteiger charge is 2.37. The van der Waals surface area contributed by atoms with Gasteiger partial charge in [-0.3, -0.25) is 14.4 Å². The monoisotopic (exact) mass is 268 g/mol. The Morgan fingerprint density at radius 1 is 1.37 bits per heavy atom. The Morgan fingerprint density at radius 2 is 1.95 bits per heavy atom. The quantitative estimate of drug-likeness (QED) is 0.576. The van der Waals surface area contributed by atoms with Crippen molar-refractivity contribution in [3.63, 3.8) is 0 Å². The van der Waals surface area contributed by atoms with E-state index in [0.717, 1.165) is 0 Å². The van der Waals surface area contributed by atoms with Gasteiger partial charge in [0.2, 0.25) is 5.91 Å². The van der Waals surface area contributed by atoms with E-state index in [2.05, 4.69) is 11.9 Å². The first-order chi connectivity index (χ1) is 8.61. The number of hydrogen-bond donors (Lipinski definition) is 1. The Morgan fingerprint density at radius 3 is 2.37 bits per heavy atom. The van der Waals surface area contributed by atoms with Gasteiger partial charge < -0.3 is 10.1 Å². The van der Waals surface area contributed by atoms with Gasteiger partial charge in [0.15, 0.2) is 0 Å². The molecule has 0 atom stereocenters. The molecule has 0 aromatic heterocycles. The average Bonchev–Trinajstić information content (AvgIpc) is 2.47. The fraction of sp³-hybridized carbons (Fsp3) is 0.500. The van der Waals surface area contributed by atoms with E-state index in [-0.39, 0.29) is 12.0 Å². The fourth-order valence-electron chi connectivity index (χ4n) is 1.40. The van der Waals surface area contributed by atoms with Crippen LogP contribution in [0.1, 0.15) is 27.2 Å². The molecule has 0 unspecified atom stereocenters. The molecule has 4 amide bonds. The van der Waals surface area contributed by atoms with Crippen LogP contribution >= 0.6 is 0 Å². The Hall–Kier alpha value is -2.18. The molecule has 7 nitrogen and oxygen atoms in total. The Kier molecular flexibility index (Phi) is 4.08. The number of likely N-dealkylation sites (tertiary alicyclic amines) is 1. The first kappa shape index (κ1) is 14.9. The molecule has 1 aliphatic rings. The summed E-state index contributed by atoms with van der Waals surface area (Å²) < 4.78 is 4.92. The molecule has 1 rings (SSSR count). The zero-order valence-corrected chi connectivity index (χ0v) is 11.1. The lowest BCUT2D eigenvalue weighted by Crippen LogP contribution is -2.44. The van der Waals surface area contributed by atoms with Crippen molar-refractivity contribution >= 4 is 23.8 Å². The van der Waals surface area contributed by atoms with E-state index < -0.39 is 36.0 Å². The summed E-state index contributed by atoms with van der Waals surface area (Å²) in [5.74, 6) is -2.16. The van der Waals surface area contributed by atoms with Gasteiger partial charge >= 0.3 is 6.09 Å². The molecule has 0 aliphatic carbocycles. The van der Waals surface area contributed by atoms with E-state index in [1.807, 2.05) is 0 Å². The van der Waals surface area contributed by atoms with Gasteiger partial charge in [0, 0.05) is 5.57 Å². The third-order valence-electron chi connectivity index (χ3n) is 2.15. The molecule has 7 heteroatoms. The molecule has 0 saturated carbocycles. The Bertz CT molecular complexity index is 461. The number of rotatable bonds is 2. The number of nitrogens with zero attached hydrogens (tertiary/aromatic N) is 1. The van der Waals surface area contributed by atoms with Gasteiger partial charge in [-0.1, -0.05) is 6.58 Å². The summed E-state index contributed by atoms with van der Waals surface area (Å²) in [5, 5.41) is 2.19. The lowest BCUT2D eigenvalue weighted by molar-refractivity contribution is -0.148. The molecule has 0 aromatic carbocycles. The summed E-state index contributed by atoms with van der Waals surface area (Å²) in [4.78, 5) is 46.3. The number of ether oxygens (including phenoxy) is 1. The van der Waals surface area contributed by atoms with Gasteiger partial charge in [0.25, 0.3) is 11.8 Å². The van der Waals surface area contributed by atoms with Gasteiger partial charge in [-0.05, 0) is 20.8 Å². The smallest absolute Gasteiger partial charge is 0.408 e. The predicted molar refractivity (Wildman–Crippen MR) is 64.9 cm³/mol. The van der Waals surface area contributed by atoms with E-state index in [1.165, 1.54) is 0 Å². The predicted octanol–water partition coefficient (Wildman–Crippen LogP) is 0.353. The number of hydrogen-bond acceptors (Lipinski definition) is 5. The Balaban J connectivity index is 2.53. The van der Waals surface area contributed by atoms with Gasteiger partial charge in [0.1, 0.15) is 12.1 Å². The average molecular weight is 268 g/mol. The number of carbonyl (C=O) groups excluding carboxylic acids is 4.